The Labute approximate surface area is 109 Å². The Morgan fingerprint density at radius 1 is 1.39 bits per heavy atom. The SMILES string of the molecule is FC(F)(F)c1ccc(Cl)c(NC[C@@H]2CCC[NH2+]2)c1. The molecule has 3 N–H and O–H groups in total. The predicted molar refractivity (Wildman–Crippen MR) is 64.8 cm³/mol. The zero-order chi connectivity index (χ0) is 13.2. The smallest absolute Gasteiger partial charge is 0.378 e. The normalized spacial score (nSPS) is 20.1. The summed E-state index contributed by atoms with van der Waals surface area (Å²) in [7, 11) is 0. The average Bonchev–Trinajstić information content (AvgIpc) is 2.79. The van der Waals surface area contributed by atoms with Gasteiger partial charge in [0, 0.05) is 12.8 Å². The molecule has 1 heterocycles. The van der Waals surface area contributed by atoms with Gasteiger partial charge in [-0.05, 0) is 18.2 Å². The topological polar surface area (TPSA) is 28.6 Å². The third kappa shape index (κ3) is 3.29. The average molecular weight is 280 g/mol. The van der Waals surface area contributed by atoms with Crippen molar-refractivity contribution < 1.29 is 18.5 Å². The Hall–Kier alpha value is -0.940. The maximum atomic E-state index is 12.6. The number of rotatable bonds is 3. The fourth-order valence-corrected chi connectivity index (χ4v) is 2.30. The van der Waals surface area contributed by atoms with Crippen LogP contribution < -0.4 is 10.6 Å². The van der Waals surface area contributed by atoms with Gasteiger partial charge in [-0.2, -0.15) is 13.2 Å². The van der Waals surface area contributed by atoms with Gasteiger partial charge in [0.05, 0.1) is 29.4 Å². The van der Waals surface area contributed by atoms with Gasteiger partial charge in [-0.3, -0.25) is 0 Å². The highest BCUT2D eigenvalue weighted by Crippen LogP contribution is 2.33. The van der Waals surface area contributed by atoms with Crippen molar-refractivity contribution in [2.24, 2.45) is 0 Å². The summed E-state index contributed by atoms with van der Waals surface area (Å²) in [6, 6.07) is 3.77. The van der Waals surface area contributed by atoms with Crippen molar-refractivity contribution >= 4 is 17.3 Å². The summed E-state index contributed by atoms with van der Waals surface area (Å²) >= 11 is 5.89. The van der Waals surface area contributed by atoms with Crippen LogP contribution in [-0.2, 0) is 6.18 Å². The van der Waals surface area contributed by atoms with Crippen molar-refractivity contribution in [1.82, 2.24) is 0 Å². The van der Waals surface area contributed by atoms with Crippen LogP contribution in [0.25, 0.3) is 0 Å². The second kappa shape index (κ2) is 5.36. The van der Waals surface area contributed by atoms with Gasteiger partial charge in [-0.15, -0.1) is 0 Å². The van der Waals surface area contributed by atoms with Crippen molar-refractivity contribution in [3.05, 3.63) is 28.8 Å². The third-order valence-corrected chi connectivity index (χ3v) is 3.46. The monoisotopic (exact) mass is 279 g/mol. The highest BCUT2D eigenvalue weighted by molar-refractivity contribution is 6.33. The summed E-state index contributed by atoms with van der Waals surface area (Å²) < 4.78 is 37.7. The van der Waals surface area contributed by atoms with Crippen molar-refractivity contribution in [3.63, 3.8) is 0 Å². The van der Waals surface area contributed by atoms with Crippen LogP contribution in [0.5, 0.6) is 0 Å². The van der Waals surface area contributed by atoms with Gasteiger partial charge in [-0.25, -0.2) is 0 Å². The van der Waals surface area contributed by atoms with E-state index in [0.717, 1.165) is 31.5 Å². The molecule has 1 atom stereocenters. The standard InChI is InChI=1S/C12H14ClF3N2/c13-10-4-3-8(12(14,15)16)6-11(10)18-7-9-2-1-5-17-9/h3-4,6,9,17-18H,1-2,5,7H2/p+1/t9-/m0/s1. The Morgan fingerprint density at radius 2 is 2.17 bits per heavy atom. The van der Waals surface area contributed by atoms with Gasteiger partial charge in [0.2, 0.25) is 0 Å². The van der Waals surface area contributed by atoms with Crippen LogP contribution in [0.4, 0.5) is 18.9 Å². The van der Waals surface area contributed by atoms with E-state index in [1.54, 1.807) is 0 Å². The van der Waals surface area contributed by atoms with Crippen LogP contribution in [0.3, 0.4) is 0 Å². The zero-order valence-corrected chi connectivity index (χ0v) is 10.5. The lowest BCUT2D eigenvalue weighted by Gasteiger charge is -2.14. The largest absolute Gasteiger partial charge is 0.416 e. The molecule has 0 spiro atoms. The molecule has 1 fully saturated rings. The van der Waals surface area contributed by atoms with Gasteiger partial charge in [0.15, 0.2) is 0 Å². The number of hydrogen-bond acceptors (Lipinski definition) is 1. The number of benzene rings is 1. The van der Waals surface area contributed by atoms with E-state index in [1.807, 2.05) is 0 Å². The first-order valence-electron chi connectivity index (χ1n) is 5.91. The van der Waals surface area contributed by atoms with Gasteiger partial charge in [0.25, 0.3) is 0 Å². The fraction of sp³-hybridized carbons (Fsp3) is 0.500. The molecule has 1 aromatic carbocycles. The third-order valence-electron chi connectivity index (χ3n) is 3.13. The summed E-state index contributed by atoms with van der Waals surface area (Å²) in [6.07, 6.45) is -2.09. The number of nitrogens with two attached hydrogens (primary N) is 1. The molecule has 0 bridgehead atoms. The van der Waals surface area contributed by atoms with E-state index in [-0.39, 0.29) is 0 Å². The quantitative estimate of drug-likeness (QED) is 0.874. The molecule has 0 aliphatic carbocycles. The van der Waals surface area contributed by atoms with Crippen LogP contribution in [0.1, 0.15) is 18.4 Å². The summed E-state index contributed by atoms with van der Waals surface area (Å²) in [5.74, 6) is 0. The molecule has 0 unspecified atom stereocenters. The Morgan fingerprint density at radius 3 is 2.78 bits per heavy atom. The van der Waals surface area contributed by atoms with Gasteiger partial charge in [-0.1, -0.05) is 11.6 Å². The van der Waals surface area contributed by atoms with E-state index >= 15 is 0 Å². The van der Waals surface area contributed by atoms with Crippen LogP contribution in [-0.4, -0.2) is 19.1 Å². The van der Waals surface area contributed by atoms with E-state index < -0.39 is 11.7 Å². The lowest BCUT2D eigenvalue weighted by atomic mass is 10.1. The number of halogens is 4. The molecule has 0 aromatic heterocycles. The maximum Gasteiger partial charge on any atom is 0.416 e. The first-order valence-corrected chi connectivity index (χ1v) is 6.28. The number of nitrogens with one attached hydrogen (secondary N) is 1. The molecule has 100 valence electrons. The molecule has 6 heteroatoms. The molecule has 1 aliphatic heterocycles. The van der Waals surface area contributed by atoms with Gasteiger partial charge in [0.1, 0.15) is 6.04 Å². The first kappa shape index (κ1) is 13.5. The lowest BCUT2D eigenvalue weighted by Crippen LogP contribution is -2.87. The molecule has 1 aromatic rings. The van der Waals surface area contributed by atoms with Crippen molar-refractivity contribution in [1.29, 1.82) is 0 Å². The number of quaternary nitrogens is 1. The van der Waals surface area contributed by atoms with E-state index in [1.165, 1.54) is 6.07 Å². The predicted octanol–water partition coefficient (Wildman–Crippen LogP) is 2.50. The molecular formula is C12H15ClF3N2+. The molecule has 1 saturated heterocycles. The first-order chi connectivity index (χ1) is 8.47. The highest BCUT2D eigenvalue weighted by atomic mass is 35.5. The number of anilines is 1. The molecule has 0 saturated carbocycles. The summed E-state index contributed by atoms with van der Waals surface area (Å²) in [5, 5.41) is 5.53. The summed E-state index contributed by atoms with van der Waals surface area (Å²) in [6.45, 7) is 1.73. The molecular weight excluding hydrogens is 265 g/mol. The molecule has 0 radical (unpaired) electrons. The Kier molecular flexibility index (Phi) is 4.02. The Bertz CT molecular complexity index is 414. The van der Waals surface area contributed by atoms with Crippen LogP contribution in [0.2, 0.25) is 5.02 Å². The van der Waals surface area contributed by atoms with Gasteiger partial charge < -0.3 is 10.6 Å². The van der Waals surface area contributed by atoms with Crippen LogP contribution in [0, 0.1) is 0 Å². The number of hydrogen-bond donors (Lipinski definition) is 2. The minimum atomic E-state index is -4.33. The molecule has 0 amide bonds. The second-order valence-corrected chi connectivity index (χ2v) is 4.91. The van der Waals surface area contributed by atoms with Crippen molar-refractivity contribution in [3.8, 4) is 0 Å². The van der Waals surface area contributed by atoms with Crippen molar-refractivity contribution in [2.75, 3.05) is 18.4 Å². The Balaban J connectivity index is 2.06. The minimum Gasteiger partial charge on any atom is -0.378 e. The van der Waals surface area contributed by atoms with E-state index in [2.05, 4.69) is 10.6 Å². The molecule has 2 rings (SSSR count). The zero-order valence-electron chi connectivity index (χ0n) is 9.73. The van der Waals surface area contributed by atoms with E-state index in [0.29, 0.717) is 23.3 Å². The number of alkyl halides is 3. The van der Waals surface area contributed by atoms with E-state index in [9.17, 15) is 13.2 Å². The van der Waals surface area contributed by atoms with Crippen LogP contribution >= 0.6 is 11.6 Å². The van der Waals surface area contributed by atoms with Gasteiger partial charge >= 0.3 is 6.18 Å². The molecule has 1 aliphatic rings. The minimum absolute atomic E-state index is 0.320. The summed E-state index contributed by atoms with van der Waals surface area (Å²) in [4.78, 5) is 0. The second-order valence-electron chi connectivity index (χ2n) is 4.50. The maximum absolute atomic E-state index is 12.6. The van der Waals surface area contributed by atoms with Crippen molar-refractivity contribution in [2.45, 2.75) is 25.1 Å². The highest BCUT2D eigenvalue weighted by Gasteiger charge is 2.31. The lowest BCUT2D eigenvalue weighted by molar-refractivity contribution is -0.666. The van der Waals surface area contributed by atoms with Crippen LogP contribution in [0.15, 0.2) is 18.2 Å². The summed E-state index contributed by atoms with van der Waals surface area (Å²) in [5.41, 5.74) is -0.323. The van der Waals surface area contributed by atoms with E-state index in [4.69, 9.17) is 11.6 Å². The fourth-order valence-electron chi connectivity index (χ4n) is 2.11. The molecule has 18 heavy (non-hydrogen) atoms. The molecule has 2 nitrogen and oxygen atoms in total.